The predicted molar refractivity (Wildman–Crippen MR) is 62.6 cm³/mol. The van der Waals surface area contributed by atoms with Gasteiger partial charge in [-0.3, -0.25) is 4.79 Å². The molecule has 16 heavy (non-hydrogen) atoms. The summed E-state index contributed by atoms with van der Waals surface area (Å²) in [7, 11) is 0. The summed E-state index contributed by atoms with van der Waals surface area (Å²) in [6, 6.07) is 1.94. The van der Waals surface area contributed by atoms with Crippen LogP contribution in [-0.4, -0.2) is 24.5 Å². The van der Waals surface area contributed by atoms with Crippen molar-refractivity contribution in [3.05, 3.63) is 0 Å². The second-order valence-electron chi connectivity index (χ2n) is 4.58. The molecule has 0 aromatic heterocycles. The zero-order valence-corrected chi connectivity index (χ0v) is 10.1. The van der Waals surface area contributed by atoms with E-state index in [2.05, 4.69) is 23.6 Å². The summed E-state index contributed by atoms with van der Waals surface area (Å²) in [6.45, 7) is 4.95. The molecule has 1 heterocycles. The van der Waals surface area contributed by atoms with E-state index in [0.29, 0.717) is 12.3 Å². The molecule has 0 aromatic carbocycles. The third kappa shape index (κ3) is 3.82. The van der Waals surface area contributed by atoms with E-state index in [1.165, 1.54) is 0 Å². The Labute approximate surface area is 97.4 Å². The molecule has 90 valence electrons. The van der Waals surface area contributed by atoms with Crippen molar-refractivity contribution < 1.29 is 4.79 Å². The van der Waals surface area contributed by atoms with Gasteiger partial charge in [0.2, 0.25) is 5.91 Å². The first kappa shape index (κ1) is 13.0. The van der Waals surface area contributed by atoms with Crippen LogP contribution in [0.15, 0.2) is 0 Å². The van der Waals surface area contributed by atoms with Crippen LogP contribution in [0.4, 0.5) is 0 Å². The van der Waals surface area contributed by atoms with Crippen molar-refractivity contribution in [2.24, 2.45) is 5.92 Å². The lowest BCUT2D eigenvalue weighted by Gasteiger charge is -2.29. The number of carbonyl (C=O) groups is 1. The van der Waals surface area contributed by atoms with Crippen LogP contribution in [0.2, 0.25) is 0 Å². The van der Waals surface area contributed by atoms with E-state index in [0.717, 1.165) is 25.8 Å². The quantitative estimate of drug-likeness (QED) is 0.752. The van der Waals surface area contributed by atoms with E-state index < -0.39 is 0 Å². The Hall–Kier alpha value is -1.08. The smallest absolute Gasteiger partial charge is 0.237 e. The van der Waals surface area contributed by atoms with Gasteiger partial charge in [0.05, 0.1) is 18.5 Å². The average Bonchev–Trinajstić information content (AvgIpc) is 2.29. The molecule has 0 spiro atoms. The maximum absolute atomic E-state index is 11.9. The Bertz CT molecular complexity index is 272. The van der Waals surface area contributed by atoms with E-state index >= 15 is 0 Å². The van der Waals surface area contributed by atoms with Crippen molar-refractivity contribution in [1.29, 1.82) is 5.26 Å². The van der Waals surface area contributed by atoms with Gasteiger partial charge in [-0.1, -0.05) is 13.3 Å². The molecule has 1 amide bonds. The number of piperidine rings is 1. The molecule has 4 nitrogen and oxygen atoms in total. The minimum Gasteiger partial charge on any atom is -0.351 e. The Kier molecular flexibility index (Phi) is 5.27. The summed E-state index contributed by atoms with van der Waals surface area (Å²) in [4.78, 5) is 11.9. The van der Waals surface area contributed by atoms with E-state index in [1.54, 1.807) is 0 Å². The molecule has 1 aliphatic rings. The third-order valence-corrected chi connectivity index (χ3v) is 3.19. The Balaban J connectivity index is 2.38. The van der Waals surface area contributed by atoms with E-state index in [1.807, 2.05) is 6.92 Å². The van der Waals surface area contributed by atoms with Gasteiger partial charge in [-0.15, -0.1) is 0 Å². The average molecular weight is 223 g/mol. The van der Waals surface area contributed by atoms with Crippen LogP contribution >= 0.6 is 0 Å². The summed E-state index contributed by atoms with van der Waals surface area (Å²) < 4.78 is 0. The molecule has 0 aliphatic carbocycles. The lowest BCUT2D eigenvalue weighted by Crippen LogP contribution is -2.50. The number of nitrogens with zero attached hydrogens (tertiary/aromatic N) is 1. The van der Waals surface area contributed by atoms with Crippen molar-refractivity contribution in [2.45, 2.75) is 51.6 Å². The highest BCUT2D eigenvalue weighted by atomic mass is 16.2. The number of rotatable bonds is 4. The van der Waals surface area contributed by atoms with Crippen molar-refractivity contribution in [1.82, 2.24) is 10.6 Å². The largest absolute Gasteiger partial charge is 0.351 e. The van der Waals surface area contributed by atoms with Crippen molar-refractivity contribution in [3.8, 4) is 6.07 Å². The first-order valence-electron chi connectivity index (χ1n) is 6.08. The molecule has 1 fully saturated rings. The molecule has 2 N–H and O–H groups in total. The molecule has 0 radical (unpaired) electrons. The fourth-order valence-electron chi connectivity index (χ4n) is 2.10. The van der Waals surface area contributed by atoms with Gasteiger partial charge in [0.1, 0.15) is 0 Å². The topological polar surface area (TPSA) is 64.9 Å². The summed E-state index contributed by atoms with van der Waals surface area (Å²) in [5, 5.41) is 14.6. The van der Waals surface area contributed by atoms with Crippen molar-refractivity contribution >= 4 is 5.91 Å². The minimum absolute atomic E-state index is 0.0425. The second kappa shape index (κ2) is 6.49. The maximum Gasteiger partial charge on any atom is 0.237 e. The SMILES string of the molecule is CCC1CCNC(C(=O)NC(C)CC#N)C1. The van der Waals surface area contributed by atoms with Crippen molar-refractivity contribution in [3.63, 3.8) is 0 Å². The van der Waals surface area contributed by atoms with Crippen LogP contribution in [0.3, 0.4) is 0 Å². The van der Waals surface area contributed by atoms with Gasteiger partial charge >= 0.3 is 0 Å². The van der Waals surface area contributed by atoms with E-state index in [9.17, 15) is 4.79 Å². The Morgan fingerprint density at radius 3 is 3.06 bits per heavy atom. The molecule has 4 heteroatoms. The summed E-state index contributed by atoms with van der Waals surface area (Å²) >= 11 is 0. The number of carbonyl (C=O) groups excluding carboxylic acids is 1. The van der Waals surface area contributed by atoms with E-state index in [4.69, 9.17) is 5.26 Å². The zero-order valence-electron chi connectivity index (χ0n) is 10.1. The summed E-state index contributed by atoms with van der Waals surface area (Å²) in [5.74, 6) is 0.698. The molecular formula is C12H21N3O. The number of nitriles is 1. The molecule has 0 saturated carbocycles. The van der Waals surface area contributed by atoms with Crippen LogP contribution in [0, 0.1) is 17.2 Å². The fourth-order valence-corrected chi connectivity index (χ4v) is 2.10. The molecule has 1 aliphatic heterocycles. The first-order valence-corrected chi connectivity index (χ1v) is 6.08. The minimum atomic E-state index is -0.0696. The maximum atomic E-state index is 11.9. The second-order valence-corrected chi connectivity index (χ2v) is 4.58. The highest BCUT2D eigenvalue weighted by molar-refractivity contribution is 5.82. The summed E-state index contributed by atoms with van der Waals surface area (Å²) in [6.07, 6.45) is 3.59. The van der Waals surface area contributed by atoms with Crippen LogP contribution in [0.1, 0.15) is 39.5 Å². The Morgan fingerprint density at radius 1 is 1.69 bits per heavy atom. The van der Waals surface area contributed by atoms with Crippen LogP contribution in [0.5, 0.6) is 0 Å². The van der Waals surface area contributed by atoms with Gasteiger partial charge in [-0.05, 0) is 32.2 Å². The standard InChI is InChI=1S/C12H21N3O/c1-3-10-5-7-14-11(8-10)12(16)15-9(2)4-6-13/h9-11,14H,3-5,7-8H2,1-2H3,(H,15,16). The van der Waals surface area contributed by atoms with Gasteiger partial charge < -0.3 is 10.6 Å². The fraction of sp³-hybridized carbons (Fsp3) is 0.833. The molecule has 1 rings (SSSR count). The Morgan fingerprint density at radius 2 is 2.44 bits per heavy atom. The van der Waals surface area contributed by atoms with Gasteiger partial charge in [0.25, 0.3) is 0 Å². The predicted octanol–water partition coefficient (Wildman–Crippen LogP) is 1.18. The first-order chi connectivity index (χ1) is 7.67. The van der Waals surface area contributed by atoms with Gasteiger partial charge in [-0.25, -0.2) is 0 Å². The highest BCUT2D eigenvalue weighted by Gasteiger charge is 2.26. The van der Waals surface area contributed by atoms with Gasteiger partial charge in [-0.2, -0.15) is 5.26 Å². The lowest BCUT2D eigenvalue weighted by molar-refractivity contribution is -0.124. The summed E-state index contributed by atoms with van der Waals surface area (Å²) in [5.41, 5.74) is 0. The van der Waals surface area contributed by atoms with Crippen LogP contribution in [0.25, 0.3) is 0 Å². The zero-order chi connectivity index (χ0) is 12.0. The molecule has 3 unspecified atom stereocenters. The number of hydrogen-bond acceptors (Lipinski definition) is 3. The molecular weight excluding hydrogens is 202 g/mol. The highest BCUT2D eigenvalue weighted by Crippen LogP contribution is 2.19. The normalized spacial score (nSPS) is 26.8. The third-order valence-electron chi connectivity index (χ3n) is 3.19. The van der Waals surface area contributed by atoms with Gasteiger partial charge in [0.15, 0.2) is 0 Å². The molecule has 0 bridgehead atoms. The monoisotopic (exact) mass is 223 g/mol. The molecule has 0 aromatic rings. The van der Waals surface area contributed by atoms with E-state index in [-0.39, 0.29) is 18.0 Å². The number of amides is 1. The number of nitrogens with one attached hydrogen (secondary N) is 2. The molecule has 3 atom stereocenters. The molecule has 1 saturated heterocycles. The van der Waals surface area contributed by atoms with Crippen molar-refractivity contribution in [2.75, 3.05) is 6.54 Å². The van der Waals surface area contributed by atoms with Crippen LogP contribution < -0.4 is 10.6 Å². The number of hydrogen-bond donors (Lipinski definition) is 2. The van der Waals surface area contributed by atoms with Gasteiger partial charge in [0, 0.05) is 6.04 Å². The lowest BCUT2D eigenvalue weighted by atomic mass is 9.90. The van der Waals surface area contributed by atoms with Crippen LogP contribution in [-0.2, 0) is 4.79 Å².